The van der Waals surface area contributed by atoms with Crippen LogP contribution >= 0.6 is 0 Å². The van der Waals surface area contributed by atoms with E-state index in [0.29, 0.717) is 18.5 Å². The van der Waals surface area contributed by atoms with Gasteiger partial charge in [-0.2, -0.15) is 0 Å². The Labute approximate surface area is 95.4 Å². The molecular weight excluding hydrogens is 200 g/mol. The molecular formula is C12H18N4. The fraction of sp³-hybridized carbons (Fsp3) is 0.500. The number of aromatic nitrogens is 3. The van der Waals surface area contributed by atoms with Crippen LogP contribution in [-0.2, 0) is 0 Å². The molecule has 4 nitrogen and oxygen atoms in total. The van der Waals surface area contributed by atoms with Gasteiger partial charge in [-0.1, -0.05) is 18.2 Å². The second-order valence-electron chi connectivity index (χ2n) is 4.51. The zero-order valence-corrected chi connectivity index (χ0v) is 10.0. The van der Waals surface area contributed by atoms with Gasteiger partial charge in [-0.05, 0) is 44.0 Å². The molecule has 0 fully saturated rings. The van der Waals surface area contributed by atoms with Gasteiger partial charge in [0.1, 0.15) is 5.52 Å². The van der Waals surface area contributed by atoms with Crippen LogP contribution in [0.4, 0.5) is 0 Å². The van der Waals surface area contributed by atoms with Gasteiger partial charge >= 0.3 is 0 Å². The van der Waals surface area contributed by atoms with Crippen LogP contribution in [0.15, 0.2) is 18.2 Å². The predicted molar refractivity (Wildman–Crippen MR) is 65.4 cm³/mol. The third-order valence-electron chi connectivity index (χ3n) is 2.91. The molecule has 2 aromatic rings. The summed E-state index contributed by atoms with van der Waals surface area (Å²) in [5, 5.41) is 8.35. The standard InChI is InChI=1S/C12H18N4/c1-8(2)16-12-5-4-10(9(3)7-13)6-11(12)14-15-16/h4-6,8-9H,7,13H2,1-3H3. The lowest BCUT2D eigenvalue weighted by Gasteiger charge is -2.09. The molecule has 1 atom stereocenters. The topological polar surface area (TPSA) is 56.7 Å². The lowest BCUT2D eigenvalue weighted by atomic mass is 10.0. The summed E-state index contributed by atoms with van der Waals surface area (Å²) in [7, 11) is 0. The van der Waals surface area contributed by atoms with E-state index in [1.54, 1.807) is 0 Å². The SMILES string of the molecule is CC(CN)c1ccc2c(c1)nnn2C(C)C. The summed E-state index contributed by atoms with van der Waals surface area (Å²) in [5.41, 5.74) is 8.92. The quantitative estimate of drug-likeness (QED) is 0.858. The number of nitrogens with two attached hydrogens (primary N) is 1. The first-order valence-electron chi connectivity index (χ1n) is 5.68. The highest BCUT2D eigenvalue weighted by atomic mass is 15.4. The van der Waals surface area contributed by atoms with E-state index < -0.39 is 0 Å². The minimum Gasteiger partial charge on any atom is -0.330 e. The van der Waals surface area contributed by atoms with Crippen molar-refractivity contribution in [1.29, 1.82) is 0 Å². The van der Waals surface area contributed by atoms with Gasteiger partial charge in [-0.15, -0.1) is 5.10 Å². The maximum atomic E-state index is 5.66. The maximum absolute atomic E-state index is 5.66. The maximum Gasteiger partial charge on any atom is 0.113 e. The molecule has 0 saturated heterocycles. The van der Waals surface area contributed by atoms with E-state index in [-0.39, 0.29) is 0 Å². The molecule has 1 aromatic heterocycles. The van der Waals surface area contributed by atoms with Crippen LogP contribution in [0.3, 0.4) is 0 Å². The minimum atomic E-state index is 0.336. The Morgan fingerprint density at radius 1 is 1.31 bits per heavy atom. The Hall–Kier alpha value is -1.42. The van der Waals surface area contributed by atoms with Crippen LogP contribution in [0, 0.1) is 0 Å². The van der Waals surface area contributed by atoms with E-state index in [1.807, 2.05) is 4.68 Å². The molecule has 0 amide bonds. The number of hydrogen-bond donors (Lipinski definition) is 1. The predicted octanol–water partition coefficient (Wildman–Crippen LogP) is 2.07. The Balaban J connectivity index is 2.49. The smallest absolute Gasteiger partial charge is 0.113 e. The summed E-state index contributed by atoms with van der Waals surface area (Å²) in [6, 6.07) is 6.61. The molecule has 0 aliphatic carbocycles. The molecule has 2 N–H and O–H groups in total. The van der Waals surface area contributed by atoms with Crippen LogP contribution in [0.1, 0.15) is 38.3 Å². The Kier molecular flexibility index (Phi) is 2.92. The molecule has 0 aliphatic heterocycles. The monoisotopic (exact) mass is 218 g/mol. The minimum absolute atomic E-state index is 0.336. The van der Waals surface area contributed by atoms with Gasteiger partial charge < -0.3 is 5.73 Å². The van der Waals surface area contributed by atoms with Gasteiger partial charge in [0.25, 0.3) is 0 Å². The summed E-state index contributed by atoms with van der Waals surface area (Å²) in [6.07, 6.45) is 0. The molecule has 1 aromatic carbocycles. The van der Waals surface area contributed by atoms with Crippen molar-refractivity contribution in [3.63, 3.8) is 0 Å². The fourth-order valence-corrected chi connectivity index (χ4v) is 1.78. The number of benzene rings is 1. The van der Waals surface area contributed by atoms with Crippen LogP contribution < -0.4 is 5.73 Å². The van der Waals surface area contributed by atoms with Crippen molar-refractivity contribution >= 4 is 11.0 Å². The van der Waals surface area contributed by atoms with Crippen molar-refractivity contribution in [1.82, 2.24) is 15.0 Å². The number of rotatable bonds is 3. The third kappa shape index (κ3) is 1.80. The molecule has 16 heavy (non-hydrogen) atoms. The molecule has 0 saturated carbocycles. The fourth-order valence-electron chi connectivity index (χ4n) is 1.78. The summed E-state index contributed by atoms with van der Waals surface area (Å²) >= 11 is 0. The van der Waals surface area contributed by atoms with E-state index in [1.165, 1.54) is 5.56 Å². The number of hydrogen-bond acceptors (Lipinski definition) is 3. The molecule has 0 bridgehead atoms. The largest absolute Gasteiger partial charge is 0.330 e. The average molecular weight is 218 g/mol. The number of nitrogens with zero attached hydrogens (tertiary/aromatic N) is 3. The van der Waals surface area contributed by atoms with Crippen LogP contribution in [0.25, 0.3) is 11.0 Å². The highest BCUT2D eigenvalue weighted by Gasteiger charge is 2.10. The lowest BCUT2D eigenvalue weighted by molar-refractivity contribution is 0.530. The molecule has 0 spiro atoms. The third-order valence-corrected chi connectivity index (χ3v) is 2.91. The van der Waals surface area contributed by atoms with E-state index >= 15 is 0 Å². The van der Waals surface area contributed by atoms with Gasteiger partial charge in [0.2, 0.25) is 0 Å². The molecule has 1 unspecified atom stereocenters. The summed E-state index contributed by atoms with van der Waals surface area (Å²) in [6.45, 7) is 6.98. The molecule has 4 heteroatoms. The second-order valence-corrected chi connectivity index (χ2v) is 4.51. The highest BCUT2D eigenvalue weighted by molar-refractivity contribution is 5.75. The molecule has 2 rings (SSSR count). The summed E-state index contributed by atoms with van der Waals surface area (Å²) in [4.78, 5) is 0. The van der Waals surface area contributed by atoms with Crippen molar-refractivity contribution < 1.29 is 0 Å². The lowest BCUT2D eigenvalue weighted by Crippen LogP contribution is -2.08. The number of fused-ring (bicyclic) bond motifs is 1. The van der Waals surface area contributed by atoms with Crippen molar-refractivity contribution in [2.24, 2.45) is 5.73 Å². The van der Waals surface area contributed by atoms with Crippen LogP contribution in [0.2, 0.25) is 0 Å². The van der Waals surface area contributed by atoms with Gasteiger partial charge in [0.05, 0.1) is 5.52 Å². The first-order chi connectivity index (χ1) is 7.63. The van der Waals surface area contributed by atoms with Crippen molar-refractivity contribution in [2.45, 2.75) is 32.7 Å². The van der Waals surface area contributed by atoms with Crippen LogP contribution in [0.5, 0.6) is 0 Å². The van der Waals surface area contributed by atoms with E-state index in [4.69, 9.17) is 5.73 Å². The Bertz CT molecular complexity index is 487. The first kappa shape index (κ1) is 11.1. The van der Waals surface area contributed by atoms with Crippen LogP contribution in [-0.4, -0.2) is 21.5 Å². The zero-order chi connectivity index (χ0) is 11.7. The summed E-state index contributed by atoms with van der Waals surface area (Å²) < 4.78 is 1.94. The van der Waals surface area contributed by atoms with Gasteiger partial charge in [0, 0.05) is 6.04 Å². The Morgan fingerprint density at radius 2 is 2.06 bits per heavy atom. The van der Waals surface area contributed by atoms with E-state index in [9.17, 15) is 0 Å². The first-order valence-corrected chi connectivity index (χ1v) is 5.68. The van der Waals surface area contributed by atoms with Gasteiger partial charge in [-0.25, -0.2) is 4.68 Å². The van der Waals surface area contributed by atoms with Crippen molar-refractivity contribution in [2.75, 3.05) is 6.54 Å². The molecule has 86 valence electrons. The normalized spacial score (nSPS) is 13.6. The second kappa shape index (κ2) is 4.22. The Morgan fingerprint density at radius 3 is 2.69 bits per heavy atom. The average Bonchev–Trinajstić information content (AvgIpc) is 2.70. The van der Waals surface area contributed by atoms with Gasteiger partial charge in [0.15, 0.2) is 0 Å². The highest BCUT2D eigenvalue weighted by Crippen LogP contribution is 2.21. The molecule has 0 radical (unpaired) electrons. The zero-order valence-electron chi connectivity index (χ0n) is 10.0. The van der Waals surface area contributed by atoms with Gasteiger partial charge in [-0.3, -0.25) is 0 Å². The summed E-state index contributed by atoms with van der Waals surface area (Å²) in [5.74, 6) is 0.369. The molecule has 0 aliphatic rings. The molecule has 1 heterocycles. The van der Waals surface area contributed by atoms with E-state index in [2.05, 4.69) is 49.3 Å². The van der Waals surface area contributed by atoms with E-state index in [0.717, 1.165) is 11.0 Å². The van der Waals surface area contributed by atoms with Crippen molar-refractivity contribution in [3.05, 3.63) is 23.8 Å². The van der Waals surface area contributed by atoms with Crippen molar-refractivity contribution in [3.8, 4) is 0 Å².